The van der Waals surface area contributed by atoms with Crippen molar-refractivity contribution < 1.29 is 8.22 Å². The second kappa shape index (κ2) is 3.06. The maximum absolute atomic E-state index is 7.78. The van der Waals surface area contributed by atoms with Gasteiger partial charge in [0.05, 0.1) is 18.8 Å². The topological polar surface area (TPSA) is 30.7 Å². The summed E-state index contributed by atoms with van der Waals surface area (Å²) in [5, 5.41) is 0. The summed E-state index contributed by atoms with van der Waals surface area (Å²) in [6.07, 6.45) is -1.63. The maximum Gasteiger partial charge on any atom is 0.108 e. The highest BCUT2D eigenvalue weighted by atomic mass is 79.9. The molecule has 0 saturated carbocycles. The van der Waals surface area contributed by atoms with Crippen molar-refractivity contribution in [1.29, 1.82) is 0 Å². The standard InChI is InChI=1S/C8H6BrN3/c9-8-5-7(1-2-11-8)12-4-3-10-6-12/h1-6H/i1D,2D,3D,4D,5D,6D. The Morgan fingerprint density at radius 1 is 1.50 bits per heavy atom. The van der Waals surface area contributed by atoms with Gasteiger partial charge in [-0.1, -0.05) is 0 Å². The van der Waals surface area contributed by atoms with E-state index in [2.05, 4.69) is 25.9 Å². The predicted molar refractivity (Wildman–Crippen MR) is 49.1 cm³/mol. The van der Waals surface area contributed by atoms with E-state index in [9.17, 15) is 0 Å². The van der Waals surface area contributed by atoms with Crippen molar-refractivity contribution in [3.8, 4) is 5.69 Å². The fraction of sp³-hybridized carbons (Fsp3) is 0. The summed E-state index contributed by atoms with van der Waals surface area (Å²) < 4.78 is 46.4. The lowest BCUT2D eigenvalue weighted by molar-refractivity contribution is 1.04. The first-order valence-electron chi connectivity index (χ1n) is 6.00. The molecule has 4 heteroatoms. The lowest BCUT2D eigenvalue weighted by atomic mass is 10.4. The normalized spacial score (nSPS) is 17.1. The number of pyridine rings is 1. The highest BCUT2D eigenvalue weighted by Crippen LogP contribution is 2.11. The molecule has 0 fully saturated rings. The van der Waals surface area contributed by atoms with E-state index in [1.54, 1.807) is 0 Å². The molecule has 0 aliphatic heterocycles. The molecule has 0 atom stereocenters. The molecule has 0 amide bonds. The fourth-order valence-corrected chi connectivity index (χ4v) is 0.956. The van der Waals surface area contributed by atoms with Crippen molar-refractivity contribution in [3.63, 3.8) is 0 Å². The summed E-state index contributed by atoms with van der Waals surface area (Å²) in [5.41, 5.74) is -0.150. The van der Waals surface area contributed by atoms with Gasteiger partial charge in [-0.05, 0) is 28.0 Å². The molecule has 2 aromatic rings. The van der Waals surface area contributed by atoms with Crippen molar-refractivity contribution in [2.24, 2.45) is 0 Å². The first-order valence-corrected chi connectivity index (χ1v) is 3.80. The van der Waals surface area contributed by atoms with Gasteiger partial charge < -0.3 is 4.57 Å². The van der Waals surface area contributed by atoms with Crippen LogP contribution in [0, 0.1) is 0 Å². The average Bonchev–Trinajstić information content (AvgIpc) is 2.53. The Morgan fingerprint density at radius 2 is 2.42 bits per heavy atom. The molecule has 12 heavy (non-hydrogen) atoms. The number of aromatic nitrogens is 3. The van der Waals surface area contributed by atoms with Crippen LogP contribution in [0.2, 0.25) is 0 Å². The third kappa shape index (κ3) is 1.38. The summed E-state index contributed by atoms with van der Waals surface area (Å²) in [5.74, 6) is 0. The first kappa shape index (κ1) is 3.30. The van der Waals surface area contributed by atoms with Crippen LogP contribution in [0.3, 0.4) is 0 Å². The molecule has 60 valence electrons. The third-order valence-electron chi connectivity index (χ3n) is 1.14. The van der Waals surface area contributed by atoms with Crippen LogP contribution >= 0.6 is 15.9 Å². The Bertz CT molecular complexity index is 614. The van der Waals surface area contributed by atoms with Gasteiger partial charge in [0.1, 0.15) is 5.97 Å². The number of hydrogen-bond donors (Lipinski definition) is 0. The second-order valence-electron chi connectivity index (χ2n) is 1.88. The minimum atomic E-state index is -0.426. The van der Waals surface area contributed by atoms with Crippen LogP contribution in [0.15, 0.2) is 41.5 Å². The van der Waals surface area contributed by atoms with Gasteiger partial charge in [0.2, 0.25) is 0 Å². The zero-order chi connectivity index (χ0) is 13.6. The quantitative estimate of drug-likeness (QED) is 0.701. The van der Waals surface area contributed by atoms with Crippen LogP contribution in [0.5, 0.6) is 0 Å². The number of halogens is 1. The molecular weight excluding hydrogens is 218 g/mol. The van der Waals surface area contributed by atoms with Crippen molar-refractivity contribution in [2.45, 2.75) is 0 Å². The molecule has 0 aliphatic carbocycles. The molecule has 3 nitrogen and oxygen atoms in total. The monoisotopic (exact) mass is 229 g/mol. The Morgan fingerprint density at radius 3 is 3.17 bits per heavy atom. The van der Waals surface area contributed by atoms with E-state index in [-0.39, 0.29) is 28.5 Å². The largest absolute Gasteiger partial charge is 0.306 e. The first-order chi connectivity index (χ1) is 8.34. The van der Waals surface area contributed by atoms with Gasteiger partial charge in [-0.15, -0.1) is 0 Å². The van der Waals surface area contributed by atoms with E-state index in [4.69, 9.17) is 8.22 Å². The van der Waals surface area contributed by atoms with Crippen LogP contribution < -0.4 is 0 Å². The van der Waals surface area contributed by atoms with E-state index in [1.165, 1.54) is 0 Å². The molecule has 0 bridgehead atoms. The number of nitrogens with zero attached hydrogens (tertiary/aromatic N) is 3. The van der Waals surface area contributed by atoms with Gasteiger partial charge in [-0.2, -0.15) is 0 Å². The van der Waals surface area contributed by atoms with Crippen molar-refractivity contribution in [1.82, 2.24) is 14.5 Å². The molecule has 0 radical (unpaired) electrons. The number of hydrogen-bond acceptors (Lipinski definition) is 2. The Balaban J connectivity index is 2.87. The molecule has 0 saturated heterocycles. The van der Waals surface area contributed by atoms with Gasteiger partial charge in [-0.25, -0.2) is 9.97 Å². The smallest absolute Gasteiger partial charge is 0.108 e. The zero-order valence-corrected chi connectivity index (χ0v) is 7.31. The summed E-state index contributed by atoms with van der Waals surface area (Å²) in [7, 11) is 0. The molecular formula is C8H6BrN3. The SMILES string of the molecule is [2H]c1nc(Br)c([2H])c(-n2c([2H])nc([2H])c2[2H])c1[2H]. The maximum atomic E-state index is 7.78. The lowest BCUT2D eigenvalue weighted by Gasteiger charge is -2.00. The fourth-order valence-electron chi connectivity index (χ4n) is 0.680. The molecule has 2 rings (SSSR count). The average molecular weight is 230 g/mol. The van der Waals surface area contributed by atoms with Crippen LogP contribution in [-0.4, -0.2) is 14.5 Å². The third-order valence-corrected chi connectivity index (χ3v) is 1.52. The molecule has 0 spiro atoms. The summed E-state index contributed by atoms with van der Waals surface area (Å²) in [6.45, 7) is 0. The molecule has 0 aromatic carbocycles. The van der Waals surface area contributed by atoms with Crippen molar-refractivity contribution in [2.75, 3.05) is 0 Å². The second-order valence-corrected chi connectivity index (χ2v) is 2.63. The van der Waals surface area contributed by atoms with Gasteiger partial charge in [0.15, 0.2) is 0 Å². The van der Waals surface area contributed by atoms with E-state index in [1.807, 2.05) is 0 Å². The Kier molecular flexibility index (Phi) is 0.842. The highest BCUT2D eigenvalue weighted by molar-refractivity contribution is 9.10. The van der Waals surface area contributed by atoms with Gasteiger partial charge in [-0.3, -0.25) is 0 Å². The Hall–Kier alpha value is -1.16. The van der Waals surface area contributed by atoms with Gasteiger partial charge in [0.25, 0.3) is 0 Å². The Labute approximate surface area is 86.6 Å². The summed E-state index contributed by atoms with van der Waals surface area (Å²) >= 11 is 2.98. The summed E-state index contributed by atoms with van der Waals surface area (Å²) in [6, 6.07) is -0.613. The summed E-state index contributed by atoms with van der Waals surface area (Å²) in [4.78, 5) is 7.10. The van der Waals surface area contributed by atoms with E-state index in [0.717, 1.165) is 4.57 Å². The van der Waals surface area contributed by atoms with E-state index >= 15 is 0 Å². The number of imidazole rings is 1. The van der Waals surface area contributed by atoms with Crippen molar-refractivity contribution >= 4 is 15.9 Å². The van der Waals surface area contributed by atoms with Crippen LogP contribution in [0.4, 0.5) is 0 Å². The zero-order valence-electron chi connectivity index (χ0n) is 11.7. The minimum absolute atomic E-state index is 0.0394. The van der Waals surface area contributed by atoms with Crippen molar-refractivity contribution in [3.05, 3.63) is 41.5 Å². The lowest BCUT2D eigenvalue weighted by Crippen LogP contribution is -1.89. The van der Waals surface area contributed by atoms with E-state index < -0.39 is 18.6 Å². The molecule has 2 aromatic heterocycles. The molecule has 2 heterocycles. The van der Waals surface area contributed by atoms with Crippen LogP contribution in [0.1, 0.15) is 8.22 Å². The van der Waals surface area contributed by atoms with Crippen LogP contribution in [-0.2, 0) is 0 Å². The molecule has 0 aliphatic rings. The van der Waals surface area contributed by atoms with Gasteiger partial charge in [0, 0.05) is 18.5 Å². The molecule has 0 unspecified atom stereocenters. The van der Waals surface area contributed by atoms with E-state index in [0.29, 0.717) is 0 Å². The number of rotatable bonds is 1. The minimum Gasteiger partial charge on any atom is -0.306 e. The van der Waals surface area contributed by atoms with Crippen LogP contribution in [0.25, 0.3) is 5.69 Å². The molecule has 0 N–H and O–H groups in total. The predicted octanol–water partition coefficient (Wildman–Crippen LogP) is 2.03. The highest BCUT2D eigenvalue weighted by Gasteiger charge is 1.94. The van der Waals surface area contributed by atoms with Gasteiger partial charge >= 0.3 is 0 Å².